The van der Waals surface area contributed by atoms with Crippen LogP contribution in [0.4, 0.5) is 11.4 Å². The summed E-state index contributed by atoms with van der Waals surface area (Å²) in [6.07, 6.45) is 1.91. The fraction of sp³-hybridized carbons (Fsp3) is 0.241. The van der Waals surface area contributed by atoms with E-state index in [4.69, 9.17) is 0 Å². The van der Waals surface area contributed by atoms with Crippen LogP contribution in [0, 0.1) is 0 Å². The van der Waals surface area contributed by atoms with Crippen molar-refractivity contribution in [2.24, 2.45) is 10.2 Å². The molecule has 4 aromatic rings. The largest absolute Gasteiger partial charge is 0.508 e. The molecule has 0 atom stereocenters. The van der Waals surface area contributed by atoms with Crippen molar-refractivity contribution in [2.45, 2.75) is 18.9 Å². The number of nitrogens with one attached hydrogen (secondary N) is 1. The Morgan fingerprint density at radius 1 is 0.921 bits per heavy atom. The number of hydrogen-bond donors (Lipinski definition) is 2. The highest BCUT2D eigenvalue weighted by Gasteiger charge is 2.25. The SMILES string of the molecule is CN(C)C1CCN(C(=O)c2ccc(-n3[nH]c(-c4ccccc4)c(N=Nc4ccc(O)cc4)c3=O)cc2)CC1. The number of phenols is 1. The molecule has 0 unspecified atom stereocenters. The van der Waals surface area contributed by atoms with Crippen molar-refractivity contribution in [2.75, 3.05) is 27.2 Å². The van der Waals surface area contributed by atoms with Crippen molar-refractivity contribution in [3.8, 4) is 22.7 Å². The van der Waals surface area contributed by atoms with Crippen LogP contribution in [0.3, 0.4) is 0 Å². The van der Waals surface area contributed by atoms with Crippen LogP contribution < -0.4 is 5.56 Å². The maximum atomic E-state index is 13.4. The molecule has 0 saturated carbocycles. The number of carbonyl (C=O) groups is 1. The second kappa shape index (κ2) is 10.9. The minimum absolute atomic E-state index is 0.000880. The lowest BCUT2D eigenvalue weighted by Crippen LogP contribution is -2.44. The minimum atomic E-state index is -0.365. The first kappa shape index (κ1) is 25.2. The number of piperidine rings is 1. The van der Waals surface area contributed by atoms with E-state index in [0.717, 1.165) is 31.5 Å². The third-order valence-corrected chi connectivity index (χ3v) is 6.90. The monoisotopic (exact) mass is 510 g/mol. The topological polar surface area (TPSA) is 106 Å². The first-order valence-electron chi connectivity index (χ1n) is 12.6. The Kier molecular flexibility index (Phi) is 7.19. The fourth-order valence-electron chi connectivity index (χ4n) is 4.66. The standard InChI is InChI=1S/C29H30N6O3/c1-33(2)23-16-18-34(19-17-23)28(37)21-8-12-24(13-9-21)35-29(38)27(26(32-35)20-6-4-3-5-7-20)31-30-22-10-14-25(36)15-11-22/h3-15,23,32,36H,16-19H2,1-2H3. The van der Waals surface area contributed by atoms with E-state index in [9.17, 15) is 14.7 Å². The third-order valence-electron chi connectivity index (χ3n) is 6.90. The molecule has 1 aliphatic rings. The zero-order valence-corrected chi connectivity index (χ0v) is 21.4. The maximum absolute atomic E-state index is 13.4. The van der Waals surface area contributed by atoms with Gasteiger partial charge in [0.2, 0.25) is 0 Å². The molecule has 1 amide bonds. The molecule has 38 heavy (non-hydrogen) atoms. The van der Waals surface area contributed by atoms with Gasteiger partial charge in [-0.2, -0.15) is 5.11 Å². The van der Waals surface area contributed by atoms with Crippen molar-refractivity contribution < 1.29 is 9.90 Å². The molecule has 3 aromatic carbocycles. The lowest BCUT2D eigenvalue weighted by atomic mass is 10.0. The fourth-order valence-corrected chi connectivity index (χ4v) is 4.66. The van der Waals surface area contributed by atoms with Crippen LogP contribution in [0.2, 0.25) is 0 Å². The highest BCUT2D eigenvalue weighted by molar-refractivity contribution is 5.94. The smallest absolute Gasteiger partial charge is 0.299 e. The number of benzene rings is 3. The van der Waals surface area contributed by atoms with Gasteiger partial charge >= 0.3 is 0 Å². The quantitative estimate of drug-likeness (QED) is 0.351. The van der Waals surface area contributed by atoms with E-state index in [1.807, 2.05) is 35.2 Å². The summed E-state index contributed by atoms with van der Waals surface area (Å²) in [5, 5.41) is 21.1. The van der Waals surface area contributed by atoms with Gasteiger partial charge in [0.25, 0.3) is 11.5 Å². The molecule has 1 fully saturated rings. The first-order chi connectivity index (χ1) is 18.4. The molecule has 9 nitrogen and oxygen atoms in total. The molecule has 2 N–H and O–H groups in total. The molecule has 2 heterocycles. The number of phenolic OH excluding ortho intramolecular Hbond substituents is 1. The van der Waals surface area contributed by atoms with Gasteiger partial charge in [0.1, 0.15) is 5.75 Å². The Morgan fingerprint density at radius 3 is 2.21 bits per heavy atom. The van der Waals surface area contributed by atoms with Gasteiger partial charge in [-0.05, 0) is 75.5 Å². The average molecular weight is 511 g/mol. The molecule has 0 aliphatic carbocycles. The molecular formula is C29H30N6O3. The molecule has 0 radical (unpaired) electrons. The van der Waals surface area contributed by atoms with Gasteiger partial charge < -0.3 is 14.9 Å². The summed E-state index contributed by atoms with van der Waals surface area (Å²) in [5.74, 6) is 0.124. The van der Waals surface area contributed by atoms with Crippen LogP contribution in [0.1, 0.15) is 23.2 Å². The number of hydrogen-bond acceptors (Lipinski definition) is 6. The van der Waals surface area contributed by atoms with E-state index in [1.54, 1.807) is 36.4 Å². The zero-order chi connectivity index (χ0) is 26.6. The first-order valence-corrected chi connectivity index (χ1v) is 12.6. The number of nitrogens with zero attached hydrogens (tertiary/aromatic N) is 5. The second-order valence-corrected chi connectivity index (χ2v) is 9.59. The molecule has 194 valence electrons. The third kappa shape index (κ3) is 5.28. The molecule has 0 bridgehead atoms. The maximum Gasteiger partial charge on any atom is 0.299 e. The normalized spacial score (nSPS) is 14.4. The van der Waals surface area contributed by atoms with E-state index >= 15 is 0 Å². The number of azo groups is 1. The van der Waals surface area contributed by atoms with Crippen molar-refractivity contribution in [1.29, 1.82) is 0 Å². The van der Waals surface area contributed by atoms with Crippen LogP contribution >= 0.6 is 0 Å². The highest BCUT2D eigenvalue weighted by Crippen LogP contribution is 2.28. The van der Waals surface area contributed by atoms with E-state index in [2.05, 4.69) is 34.3 Å². The molecule has 0 spiro atoms. The summed E-state index contributed by atoms with van der Waals surface area (Å²) >= 11 is 0. The van der Waals surface area contributed by atoms with Gasteiger partial charge in [-0.15, -0.1) is 5.11 Å². The number of aromatic amines is 1. The van der Waals surface area contributed by atoms with Crippen LogP contribution in [-0.4, -0.2) is 63.8 Å². The van der Waals surface area contributed by atoms with Crippen molar-refractivity contribution in [3.63, 3.8) is 0 Å². The lowest BCUT2D eigenvalue weighted by molar-refractivity contribution is 0.0663. The summed E-state index contributed by atoms with van der Waals surface area (Å²) < 4.78 is 1.41. The number of carbonyl (C=O) groups excluding carboxylic acids is 1. The average Bonchev–Trinajstić information content (AvgIpc) is 3.28. The van der Waals surface area contributed by atoms with Gasteiger partial charge in [0.05, 0.1) is 17.1 Å². The lowest BCUT2D eigenvalue weighted by Gasteiger charge is -2.35. The number of amides is 1. The number of likely N-dealkylation sites (tertiary alicyclic amines) is 1. The summed E-state index contributed by atoms with van der Waals surface area (Å²) in [4.78, 5) is 30.6. The van der Waals surface area contributed by atoms with Gasteiger partial charge in [-0.25, -0.2) is 4.68 Å². The second-order valence-electron chi connectivity index (χ2n) is 9.59. The molecule has 9 heteroatoms. The van der Waals surface area contributed by atoms with E-state index in [0.29, 0.717) is 28.7 Å². The Bertz CT molecular complexity index is 1480. The van der Waals surface area contributed by atoms with E-state index < -0.39 is 0 Å². The van der Waals surface area contributed by atoms with Crippen molar-refractivity contribution in [3.05, 3.63) is 94.8 Å². The summed E-state index contributed by atoms with van der Waals surface area (Å²) in [6, 6.07) is 23.2. The Labute approximate surface area is 220 Å². The number of rotatable bonds is 6. The van der Waals surface area contributed by atoms with Crippen LogP contribution in [0.25, 0.3) is 16.9 Å². The van der Waals surface area contributed by atoms with Crippen molar-refractivity contribution in [1.82, 2.24) is 19.6 Å². The molecule has 1 aromatic heterocycles. The minimum Gasteiger partial charge on any atom is -0.508 e. The van der Waals surface area contributed by atoms with Crippen LogP contribution in [-0.2, 0) is 0 Å². The van der Waals surface area contributed by atoms with Gasteiger partial charge in [0.15, 0.2) is 5.69 Å². The zero-order valence-electron chi connectivity index (χ0n) is 21.4. The van der Waals surface area contributed by atoms with E-state index in [-0.39, 0.29) is 22.9 Å². The predicted molar refractivity (Wildman–Crippen MR) is 147 cm³/mol. The van der Waals surface area contributed by atoms with Gasteiger partial charge in [0, 0.05) is 30.3 Å². The Hall–Kier alpha value is -4.50. The molecule has 1 aliphatic heterocycles. The molecule has 1 saturated heterocycles. The Balaban J connectivity index is 1.43. The van der Waals surface area contributed by atoms with Crippen molar-refractivity contribution >= 4 is 17.3 Å². The van der Waals surface area contributed by atoms with Gasteiger partial charge in [-0.3, -0.25) is 14.7 Å². The number of H-pyrrole nitrogens is 1. The van der Waals surface area contributed by atoms with Crippen LogP contribution in [0.15, 0.2) is 93.9 Å². The van der Waals surface area contributed by atoms with Crippen LogP contribution in [0.5, 0.6) is 5.75 Å². The summed E-state index contributed by atoms with van der Waals surface area (Å²) in [5.41, 5.74) is 2.79. The molecule has 5 rings (SSSR count). The summed E-state index contributed by atoms with van der Waals surface area (Å²) in [6.45, 7) is 1.46. The predicted octanol–water partition coefficient (Wildman–Crippen LogP) is 5.12. The number of aromatic nitrogens is 2. The highest BCUT2D eigenvalue weighted by atomic mass is 16.3. The molecular weight excluding hydrogens is 480 g/mol. The number of aromatic hydroxyl groups is 1. The summed E-state index contributed by atoms with van der Waals surface area (Å²) in [7, 11) is 4.15. The Morgan fingerprint density at radius 2 is 1.58 bits per heavy atom. The van der Waals surface area contributed by atoms with Gasteiger partial charge in [-0.1, -0.05) is 30.3 Å². The van der Waals surface area contributed by atoms with E-state index in [1.165, 1.54) is 16.8 Å².